The summed E-state index contributed by atoms with van der Waals surface area (Å²) in [5, 5.41) is 3.41. The van der Waals surface area contributed by atoms with Gasteiger partial charge in [-0.3, -0.25) is 4.98 Å². The SMILES string of the molecule is COc1cc(CCNc2ccnc(C)c2)ccc1C. The molecular formula is C16H20N2O. The van der Waals surface area contributed by atoms with E-state index in [0.717, 1.165) is 30.1 Å². The van der Waals surface area contributed by atoms with Crippen LogP contribution in [0.3, 0.4) is 0 Å². The molecule has 0 atom stereocenters. The first-order valence-electron chi connectivity index (χ1n) is 6.49. The Morgan fingerprint density at radius 1 is 1.16 bits per heavy atom. The van der Waals surface area contributed by atoms with E-state index in [0.29, 0.717) is 0 Å². The highest BCUT2D eigenvalue weighted by atomic mass is 16.5. The number of aryl methyl sites for hydroxylation is 2. The van der Waals surface area contributed by atoms with Crippen LogP contribution in [-0.4, -0.2) is 18.6 Å². The Hall–Kier alpha value is -2.03. The van der Waals surface area contributed by atoms with Crippen LogP contribution in [0, 0.1) is 13.8 Å². The molecule has 1 N–H and O–H groups in total. The van der Waals surface area contributed by atoms with Crippen molar-refractivity contribution in [2.24, 2.45) is 0 Å². The van der Waals surface area contributed by atoms with E-state index in [4.69, 9.17) is 4.74 Å². The minimum atomic E-state index is 0.898. The molecule has 19 heavy (non-hydrogen) atoms. The maximum absolute atomic E-state index is 5.34. The summed E-state index contributed by atoms with van der Waals surface area (Å²) < 4.78 is 5.34. The van der Waals surface area contributed by atoms with E-state index in [1.165, 1.54) is 11.1 Å². The van der Waals surface area contributed by atoms with Crippen LogP contribution >= 0.6 is 0 Å². The van der Waals surface area contributed by atoms with Crippen molar-refractivity contribution in [3.63, 3.8) is 0 Å². The molecule has 3 nitrogen and oxygen atoms in total. The third-order valence-electron chi connectivity index (χ3n) is 3.11. The van der Waals surface area contributed by atoms with Gasteiger partial charge in [-0.1, -0.05) is 12.1 Å². The number of pyridine rings is 1. The highest BCUT2D eigenvalue weighted by Gasteiger charge is 2.00. The molecule has 0 spiro atoms. The van der Waals surface area contributed by atoms with Gasteiger partial charge in [0.1, 0.15) is 5.75 Å². The Kier molecular flexibility index (Phi) is 4.39. The van der Waals surface area contributed by atoms with Gasteiger partial charge in [-0.25, -0.2) is 0 Å². The van der Waals surface area contributed by atoms with E-state index >= 15 is 0 Å². The molecule has 0 aliphatic heterocycles. The number of hydrogen-bond acceptors (Lipinski definition) is 3. The third kappa shape index (κ3) is 3.71. The summed E-state index contributed by atoms with van der Waals surface area (Å²) in [5.74, 6) is 0.956. The van der Waals surface area contributed by atoms with Gasteiger partial charge < -0.3 is 10.1 Å². The van der Waals surface area contributed by atoms with Crippen LogP contribution in [0.2, 0.25) is 0 Å². The number of methoxy groups -OCH3 is 1. The first-order valence-corrected chi connectivity index (χ1v) is 6.49. The Bertz CT molecular complexity index is 552. The summed E-state index contributed by atoms with van der Waals surface area (Å²) in [6.07, 6.45) is 2.80. The molecule has 0 aliphatic rings. The minimum Gasteiger partial charge on any atom is -0.496 e. The summed E-state index contributed by atoms with van der Waals surface area (Å²) in [6, 6.07) is 10.4. The van der Waals surface area contributed by atoms with E-state index in [2.05, 4.69) is 41.5 Å². The normalized spacial score (nSPS) is 10.3. The zero-order valence-corrected chi connectivity index (χ0v) is 11.7. The van der Waals surface area contributed by atoms with Crippen molar-refractivity contribution < 1.29 is 4.74 Å². The maximum atomic E-state index is 5.34. The lowest BCUT2D eigenvalue weighted by atomic mass is 10.1. The Balaban J connectivity index is 1.92. The number of anilines is 1. The predicted molar refractivity (Wildman–Crippen MR) is 78.9 cm³/mol. The van der Waals surface area contributed by atoms with Crippen molar-refractivity contribution in [3.8, 4) is 5.75 Å². The van der Waals surface area contributed by atoms with Gasteiger partial charge in [0.25, 0.3) is 0 Å². The van der Waals surface area contributed by atoms with Crippen LogP contribution in [-0.2, 0) is 6.42 Å². The molecule has 0 aliphatic carbocycles. The van der Waals surface area contributed by atoms with Gasteiger partial charge in [-0.15, -0.1) is 0 Å². The van der Waals surface area contributed by atoms with Gasteiger partial charge in [0, 0.05) is 24.1 Å². The second-order valence-corrected chi connectivity index (χ2v) is 4.67. The van der Waals surface area contributed by atoms with Crippen LogP contribution in [0.5, 0.6) is 5.75 Å². The number of hydrogen-bond donors (Lipinski definition) is 1. The molecule has 0 amide bonds. The topological polar surface area (TPSA) is 34.1 Å². The zero-order chi connectivity index (χ0) is 13.7. The molecular weight excluding hydrogens is 236 g/mol. The molecule has 0 unspecified atom stereocenters. The lowest BCUT2D eigenvalue weighted by molar-refractivity contribution is 0.411. The monoisotopic (exact) mass is 256 g/mol. The van der Waals surface area contributed by atoms with Gasteiger partial charge >= 0.3 is 0 Å². The summed E-state index contributed by atoms with van der Waals surface area (Å²) in [4.78, 5) is 4.18. The van der Waals surface area contributed by atoms with E-state index in [1.807, 2.05) is 19.2 Å². The highest BCUT2D eigenvalue weighted by Crippen LogP contribution is 2.19. The molecule has 0 bridgehead atoms. The van der Waals surface area contributed by atoms with Gasteiger partial charge in [0.05, 0.1) is 7.11 Å². The molecule has 100 valence electrons. The molecule has 2 rings (SSSR count). The Morgan fingerprint density at radius 3 is 2.74 bits per heavy atom. The molecule has 1 heterocycles. The fraction of sp³-hybridized carbons (Fsp3) is 0.312. The maximum Gasteiger partial charge on any atom is 0.122 e. The fourth-order valence-corrected chi connectivity index (χ4v) is 2.03. The van der Waals surface area contributed by atoms with Gasteiger partial charge in [-0.2, -0.15) is 0 Å². The molecule has 0 saturated heterocycles. The van der Waals surface area contributed by atoms with Crippen LogP contribution in [0.1, 0.15) is 16.8 Å². The second-order valence-electron chi connectivity index (χ2n) is 4.67. The van der Waals surface area contributed by atoms with Crippen LogP contribution in [0.25, 0.3) is 0 Å². The molecule has 3 heteroatoms. The quantitative estimate of drug-likeness (QED) is 0.890. The number of rotatable bonds is 5. The molecule has 0 radical (unpaired) electrons. The smallest absolute Gasteiger partial charge is 0.122 e. The van der Waals surface area contributed by atoms with E-state index in [-0.39, 0.29) is 0 Å². The average molecular weight is 256 g/mol. The zero-order valence-electron chi connectivity index (χ0n) is 11.7. The van der Waals surface area contributed by atoms with Crippen molar-refractivity contribution in [3.05, 3.63) is 53.3 Å². The first-order chi connectivity index (χ1) is 9.19. The lowest BCUT2D eigenvalue weighted by Gasteiger charge is -2.09. The number of aromatic nitrogens is 1. The van der Waals surface area contributed by atoms with Crippen molar-refractivity contribution >= 4 is 5.69 Å². The fourth-order valence-electron chi connectivity index (χ4n) is 2.03. The van der Waals surface area contributed by atoms with Crippen molar-refractivity contribution in [1.82, 2.24) is 4.98 Å². The van der Waals surface area contributed by atoms with Crippen molar-refractivity contribution in [2.45, 2.75) is 20.3 Å². The van der Waals surface area contributed by atoms with Crippen molar-refractivity contribution in [1.29, 1.82) is 0 Å². The van der Waals surface area contributed by atoms with E-state index < -0.39 is 0 Å². The number of ether oxygens (including phenoxy) is 1. The summed E-state index contributed by atoms with van der Waals surface area (Å²) in [6.45, 7) is 4.95. The van der Waals surface area contributed by atoms with Gasteiger partial charge in [0.15, 0.2) is 0 Å². The van der Waals surface area contributed by atoms with E-state index in [1.54, 1.807) is 7.11 Å². The van der Waals surface area contributed by atoms with Crippen LogP contribution in [0.15, 0.2) is 36.5 Å². The minimum absolute atomic E-state index is 0.898. The molecule has 1 aromatic heterocycles. The third-order valence-corrected chi connectivity index (χ3v) is 3.11. The summed E-state index contributed by atoms with van der Waals surface area (Å²) in [5.41, 5.74) is 4.60. The average Bonchev–Trinajstić information content (AvgIpc) is 2.41. The Labute approximate surface area is 114 Å². The van der Waals surface area contributed by atoms with Gasteiger partial charge in [0.2, 0.25) is 0 Å². The number of benzene rings is 1. The highest BCUT2D eigenvalue weighted by molar-refractivity contribution is 5.43. The van der Waals surface area contributed by atoms with Crippen LogP contribution < -0.4 is 10.1 Å². The molecule has 1 aromatic carbocycles. The molecule has 0 saturated carbocycles. The lowest BCUT2D eigenvalue weighted by Crippen LogP contribution is -2.05. The standard InChI is InChI=1S/C16H20N2O/c1-12-4-5-14(11-16(12)19-3)6-8-18-15-7-9-17-13(2)10-15/h4-5,7,9-11H,6,8H2,1-3H3,(H,17,18). The summed E-state index contributed by atoms with van der Waals surface area (Å²) >= 11 is 0. The van der Waals surface area contributed by atoms with Crippen LogP contribution in [0.4, 0.5) is 5.69 Å². The number of nitrogens with one attached hydrogen (secondary N) is 1. The Morgan fingerprint density at radius 2 is 2.00 bits per heavy atom. The molecule has 0 fully saturated rings. The summed E-state index contributed by atoms with van der Waals surface area (Å²) in [7, 11) is 1.71. The predicted octanol–water partition coefficient (Wildman–Crippen LogP) is 3.36. The largest absolute Gasteiger partial charge is 0.496 e. The molecule has 2 aromatic rings. The number of nitrogens with zero attached hydrogens (tertiary/aromatic N) is 1. The van der Waals surface area contributed by atoms with Gasteiger partial charge in [-0.05, 0) is 49.6 Å². The van der Waals surface area contributed by atoms with E-state index in [9.17, 15) is 0 Å². The van der Waals surface area contributed by atoms with Crippen molar-refractivity contribution in [2.75, 3.05) is 19.0 Å². The first kappa shape index (κ1) is 13.4. The second kappa shape index (κ2) is 6.23.